The predicted molar refractivity (Wildman–Crippen MR) is 98.8 cm³/mol. The highest BCUT2D eigenvalue weighted by atomic mass is 19.1. The number of rotatable bonds is 5. The summed E-state index contributed by atoms with van der Waals surface area (Å²) in [4.78, 5) is 24.4. The van der Waals surface area contributed by atoms with Gasteiger partial charge in [0.15, 0.2) is 0 Å². The van der Waals surface area contributed by atoms with Crippen LogP contribution < -0.4 is 16.0 Å². The molecule has 0 radical (unpaired) electrons. The van der Waals surface area contributed by atoms with Crippen LogP contribution in [0, 0.1) is 12.7 Å². The van der Waals surface area contributed by atoms with Crippen molar-refractivity contribution in [2.75, 3.05) is 10.6 Å². The van der Waals surface area contributed by atoms with Crippen molar-refractivity contribution < 1.29 is 18.4 Å². The summed E-state index contributed by atoms with van der Waals surface area (Å²) in [7, 11) is 0. The molecular weight excluding hydrogens is 337 g/mol. The van der Waals surface area contributed by atoms with Gasteiger partial charge in [-0.1, -0.05) is 0 Å². The van der Waals surface area contributed by atoms with Gasteiger partial charge in [0.05, 0.1) is 17.5 Å². The fraction of sp³-hybridized carbons (Fsp3) is 0.368. The second-order valence-corrected chi connectivity index (χ2v) is 7.14. The molecule has 0 saturated carbocycles. The summed E-state index contributed by atoms with van der Waals surface area (Å²) in [6.07, 6.45) is 1.40. The molecule has 2 amide bonds. The highest BCUT2D eigenvalue weighted by molar-refractivity contribution is 6.05. The van der Waals surface area contributed by atoms with Crippen molar-refractivity contribution in [2.24, 2.45) is 0 Å². The lowest BCUT2D eigenvalue weighted by atomic mass is 10.1. The minimum atomic E-state index is -0.572. The van der Waals surface area contributed by atoms with Gasteiger partial charge in [-0.05, 0) is 58.9 Å². The molecule has 0 spiro atoms. The van der Waals surface area contributed by atoms with Crippen LogP contribution in [-0.4, -0.2) is 23.4 Å². The van der Waals surface area contributed by atoms with E-state index in [4.69, 9.17) is 4.42 Å². The number of anilines is 2. The van der Waals surface area contributed by atoms with E-state index in [1.807, 2.05) is 20.8 Å². The lowest BCUT2D eigenvalue weighted by Crippen LogP contribution is -2.47. The summed E-state index contributed by atoms with van der Waals surface area (Å²) < 4.78 is 19.1. The van der Waals surface area contributed by atoms with Crippen LogP contribution in [-0.2, 0) is 4.79 Å². The molecule has 3 N–H and O–H groups in total. The fourth-order valence-electron chi connectivity index (χ4n) is 2.31. The number of hydrogen-bond acceptors (Lipinski definition) is 4. The predicted octanol–water partition coefficient (Wildman–Crippen LogP) is 3.69. The fourth-order valence-corrected chi connectivity index (χ4v) is 2.31. The summed E-state index contributed by atoms with van der Waals surface area (Å²) in [5, 5.41) is 8.39. The molecule has 2 rings (SSSR count). The van der Waals surface area contributed by atoms with Gasteiger partial charge in [0.1, 0.15) is 17.6 Å². The average molecular weight is 361 g/mol. The van der Waals surface area contributed by atoms with Crippen LogP contribution in [0.25, 0.3) is 0 Å². The highest BCUT2D eigenvalue weighted by Gasteiger charge is 2.20. The Balaban J connectivity index is 2.10. The van der Waals surface area contributed by atoms with Crippen molar-refractivity contribution in [1.82, 2.24) is 5.32 Å². The zero-order chi connectivity index (χ0) is 19.5. The van der Waals surface area contributed by atoms with Gasteiger partial charge < -0.3 is 20.4 Å². The van der Waals surface area contributed by atoms with Crippen LogP contribution in [0.15, 0.2) is 34.9 Å². The largest absolute Gasteiger partial charge is 0.469 e. The smallest absolute Gasteiger partial charge is 0.259 e. The number of furan rings is 1. The molecule has 1 aromatic heterocycles. The van der Waals surface area contributed by atoms with Crippen LogP contribution in [0.3, 0.4) is 0 Å². The number of benzene rings is 1. The minimum Gasteiger partial charge on any atom is -0.469 e. The third kappa shape index (κ3) is 5.08. The second-order valence-electron chi connectivity index (χ2n) is 7.14. The van der Waals surface area contributed by atoms with E-state index in [1.54, 1.807) is 13.8 Å². The van der Waals surface area contributed by atoms with Gasteiger partial charge in [-0.3, -0.25) is 9.59 Å². The van der Waals surface area contributed by atoms with Crippen LogP contribution in [0.2, 0.25) is 0 Å². The van der Waals surface area contributed by atoms with Crippen molar-refractivity contribution in [2.45, 2.75) is 46.2 Å². The van der Waals surface area contributed by atoms with Crippen LogP contribution in [0.4, 0.5) is 15.8 Å². The van der Waals surface area contributed by atoms with E-state index < -0.39 is 17.8 Å². The molecule has 0 aliphatic rings. The van der Waals surface area contributed by atoms with E-state index in [-0.39, 0.29) is 17.1 Å². The molecule has 1 atom stereocenters. The highest BCUT2D eigenvalue weighted by Crippen LogP contribution is 2.22. The molecular formula is C19H24FN3O3. The van der Waals surface area contributed by atoms with Gasteiger partial charge in [-0.25, -0.2) is 4.39 Å². The maximum atomic E-state index is 14.0. The Morgan fingerprint density at radius 3 is 2.46 bits per heavy atom. The van der Waals surface area contributed by atoms with Gasteiger partial charge in [-0.2, -0.15) is 0 Å². The van der Waals surface area contributed by atoms with E-state index in [0.717, 1.165) is 0 Å². The first-order valence-corrected chi connectivity index (χ1v) is 8.30. The third-order valence-corrected chi connectivity index (χ3v) is 3.59. The Kier molecular flexibility index (Phi) is 5.69. The molecule has 6 nitrogen and oxygen atoms in total. The Morgan fingerprint density at radius 1 is 1.19 bits per heavy atom. The molecule has 0 fully saturated rings. The van der Waals surface area contributed by atoms with Crippen molar-refractivity contribution in [3.05, 3.63) is 47.7 Å². The summed E-state index contributed by atoms with van der Waals surface area (Å²) in [6, 6.07) is 5.18. The van der Waals surface area contributed by atoms with Gasteiger partial charge >= 0.3 is 0 Å². The lowest BCUT2D eigenvalue weighted by Gasteiger charge is -2.24. The van der Waals surface area contributed by atoms with Crippen LogP contribution >= 0.6 is 0 Å². The van der Waals surface area contributed by atoms with E-state index in [2.05, 4.69) is 16.0 Å². The first-order chi connectivity index (χ1) is 12.1. The topological polar surface area (TPSA) is 83.4 Å². The number of aryl methyl sites for hydroxylation is 1. The van der Waals surface area contributed by atoms with Crippen LogP contribution in [0.5, 0.6) is 0 Å². The van der Waals surface area contributed by atoms with Gasteiger partial charge in [0.25, 0.3) is 5.91 Å². The van der Waals surface area contributed by atoms with E-state index >= 15 is 0 Å². The Morgan fingerprint density at radius 2 is 1.88 bits per heavy atom. The minimum absolute atomic E-state index is 0.0176. The van der Waals surface area contributed by atoms with Crippen molar-refractivity contribution in [3.63, 3.8) is 0 Å². The normalized spacial score (nSPS) is 12.4. The van der Waals surface area contributed by atoms with Gasteiger partial charge in [-0.15, -0.1) is 0 Å². The molecule has 2 aromatic rings. The zero-order valence-electron chi connectivity index (χ0n) is 15.6. The molecule has 1 unspecified atom stereocenters. The summed E-state index contributed by atoms with van der Waals surface area (Å²) in [5.74, 6) is -0.770. The monoisotopic (exact) mass is 361 g/mol. The number of hydrogen-bond donors (Lipinski definition) is 3. The molecule has 26 heavy (non-hydrogen) atoms. The SMILES string of the molecule is Cc1occc1C(=O)Nc1cc(NC(C)C(=O)NC(C)(C)C)ccc1F. The van der Waals surface area contributed by atoms with Crippen LogP contribution in [0.1, 0.15) is 43.8 Å². The molecule has 140 valence electrons. The Bertz CT molecular complexity index is 809. The quantitative estimate of drug-likeness (QED) is 0.758. The third-order valence-electron chi connectivity index (χ3n) is 3.59. The number of carbonyl (C=O) groups is 2. The first-order valence-electron chi connectivity index (χ1n) is 8.30. The molecule has 0 saturated heterocycles. The molecule has 7 heteroatoms. The average Bonchev–Trinajstić information content (AvgIpc) is 2.95. The van der Waals surface area contributed by atoms with Gasteiger partial charge in [0, 0.05) is 11.2 Å². The number of amides is 2. The number of carbonyl (C=O) groups excluding carboxylic acids is 2. The first kappa shape index (κ1) is 19.5. The molecule has 1 aromatic carbocycles. The number of nitrogens with one attached hydrogen (secondary N) is 3. The van der Waals surface area contributed by atoms with Crippen molar-refractivity contribution in [1.29, 1.82) is 0 Å². The molecule has 1 heterocycles. The van der Waals surface area contributed by atoms with Crippen molar-refractivity contribution >= 4 is 23.2 Å². The van der Waals surface area contributed by atoms with Crippen molar-refractivity contribution in [3.8, 4) is 0 Å². The Hall–Kier alpha value is -2.83. The summed E-state index contributed by atoms with van der Waals surface area (Å²) in [6.45, 7) is 9.03. The Labute approximate surface area is 152 Å². The van der Waals surface area contributed by atoms with E-state index in [1.165, 1.54) is 30.5 Å². The lowest BCUT2D eigenvalue weighted by molar-refractivity contribution is -0.122. The second kappa shape index (κ2) is 7.59. The standard InChI is InChI=1S/C19H24FN3O3/c1-11(17(24)23-19(3,4)5)21-13-6-7-15(20)16(10-13)22-18(25)14-8-9-26-12(14)2/h6-11,21H,1-5H3,(H,22,25)(H,23,24). The molecule has 0 bridgehead atoms. The summed E-state index contributed by atoms with van der Waals surface area (Å²) in [5.41, 5.74) is 0.518. The van der Waals surface area contributed by atoms with E-state index in [9.17, 15) is 14.0 Å². The molecule has 0 aliphatic heterocycles. The maximum Gasteiger partial charge on any atom is 0.259 e. The number of halogens is 1. The summed E-state index contributed by atoms with van der Waals surface area (Å²) >= 11 is 0. The van der Waals surface area contributed by atoms with E-state index in [0.29, 0.717) is 17.0 Å². The molecule has 0 aliphatic carbocycles. The van der Waals surface area contributed by atoms with Gasteiger partial charge in [0.2, 0.25) is 5.91 Å². The maximum absolute atomic E-state index is 14.0. The zero-order valence-corrected chi connectivity index (χ0v) is 15.6.